The lowest BCUT2D eigenvalue weighted by Gasteiger charge is -2.11. The first kappa shape index (κ1) is 16.2. The molecule has 1 aromatic carbocycles. The second-order valence-corrected chi connectivity index (χ2v) is 5.23. The minimum absolute atomic E-state index is 0.00216. The van der Waals surface area contributed by atoms with Crippen LogP contribution in [-0.2, 0) is 20.6 Å². The van der Waals surface area contributed by atoms with Gasteiger partial charge in [-0.1, -0.05) is 12.1 Å². The van der Waals surface area contributed by atoms with Gasteiger partial charge in [0.15, 0.2) is 0 Å². The minimum Gasteiger partial charge on any atom is -0.481 e. The van der Waals surface area contributed by atoms with Gasteiger partial charge in [0.2, 0.25) is 0 Å². The fourth-order valence-electron chi connectivity index (χ4n) is 1.57. The maximum absolute atomic E-state index is 10.9. The van der Waals surface area contributed by atoms with Crippen molar-refractivity contribution in [2.45, 2.75) is 12.8 Å². The summed E-state index contributed by atoms with van der Waals surface area (Å²) in [4.78, 5) is 38.7. The average Bonchev–Trinajstić information content (AvgIpc) is 2.28. The third-order valence-electron chi connectivity index (χ3n) is 2.40. The third kappa shape index (κ3) is 5.83. The second kappa shape index (κ2) is 6.51. The Morgan fingerprint density at radius 2 is 1.70 bits per heavy atom. The highest BCUT2D eigenvalue weighted by Gasteiger charge is 2.21. The molecule has 0 amide bonds. The topological polar surface area (TPSA) is 141 Å². The summed E-state index contributed by atoms with van der Waals surface area (Å²) >= 11 is 0. The van der Waals surface area contributed by atoms with Crippen LogP contribution in [0.3, 0.4) is 0 Å². The number of rotatable bonds is 7. The summed E-state index contributed by atoms with van der Waals surface area (Å²) in [6.07, 6.45) is -0.506. The smallest absolute Gasteiger partial charge is 0.481 e. The molecule has 4 N–H and O–H groups in total. The Morgan fingerprint density at radius 3 is 2.10 bits per heavy atom. The molecule has 0 saturated heterocycles. The van der Waals surface area contributed by atoms with Crippen molar-refractivity contribution in [1.82, 2.24) is 0 Å². The van der Waals surface area contributed by atoms with E-state index in [4.69, 9.17) is 20.0 Å². The van der Waals surface area contributed by atoms with Gasteiger partial charge >= 0.3 is 19.8 Å². The molecule has 8 nitrogen and oxygen atoms in total. The number of benzene rings is 1. The summed E-state index contributed by atoms with van der Waals surface area (Å²) in [5.74, 6) is -3.56. The first-order valence-electron chi connectivity index (χ1n) is 5.46. The molecule has 0 unspecified atom stereocenters. The molecular weight excluding hydrogens is 291 g/mol. The standard InChI is InChI=1S/C11H13O8P/c12-10(13)6-8(11(14)15)5-7-1-3-9(4-2-7)19-20(16,17)18/h1-4,8H,5-6H2,(H,12,13)(H,14,15)(H2,16,17,18)/t8-/m1/s1. The second-order valence-electron chi connectivity index (χ2n) is 4.06. The van der Waals surface area contributed by atoms with Crippen LogP contribution in [0.25, 0.3) is 0 Å². The maximum Gasteiger partial charge on any atom is 0.524 e. The van der Waals surface area contributed by atoms with Gasteiger partial charge in [0, 0.05) is 0 Å². The fourth-order valence-corrected chi connectivity index (χ4v) is 1.96. The Balaban J connectivity index is 2.75. The molecule has 0 aliphatic heterocycles. The Morgan fingerprint density at radius 1 is 1.15 bits per heavy atom. The van der Waals surface area contributed by atoms with E-state index in [0.717, 1.165) is 0 Å². The first-order chi connectivity index (χ1) is 9.17. The normalized spacial score (nSPS) is 12.7. The highest BCUT2D eigenvalue weighted by atomic mass is 31.2. The van der Waals surface area contributed by atoms with E-state index in [2.05, 4.69) is 4.52 Å². The first-order valence-corrected chi connectivity index (χ1v) is 6.99. The molecule has 0 radical (unpaired) electrons. The Bertz CT molecular complexity index is 532. The summed E-state index contributed by atoms with van der Waals surface area (Å²) in [6, 6.07) is 5.38. The zero-order valence-electron chi connectivity index (χ0n) is 10.2. The molecule has 20 heavy (non-hydrogen) atoms. The molecule has 0 aliphatic carbocycles. The van der Waals surface area contributed by atoms with Crippen molar-refractivity contribution in [1.29, 1.82) is 0 Å². The molecule has 0 bridgehead atoms. The molecule has 1 atom stereocenters. The van der Waals surface area contributed by atoms with Gasteiger partial charge in [0.05, 0.1) is 12.3 Å². The molecule has 0 aliphatic rings. The lowest BCUT2D eigenvalue weighted by Crippen LogP contribution is -2.20. The summed E-state index contributed by atoms with van der Waals surface area (Å²) in [7, 11) is -4.64. The van der Waals surface area contributed by atoms with Crippen molar-refractivity contribution in [3.05, 3.63) is 29.8 Å². The summed E-state index contributed by atoms with van der Waals surface area (Å²) in [6.45, 7) is 0. The maximum atomic E-state index is 10.9. The summed E-state index contributed by atoms with van der Waals surface area (Å²) in [5, 5.41) is 17.5. The van der Waals surface area contributed by atoms with Gasteiger partial charge in [-0.05, 0) is 24.1 Å². The number of hydrogen-bond donors (Lipinski definition) is 4. The van der Waals surface area contributed by atoms with Crippen molar-refractivity contribution in [2.24, 2.45) is 5.92 Å². The van der Waals surface area contributed by atoms with Gasteiger partial charge in [-0.25, -0.2) is 4.57 Å². The number of carboxylic acid groups (broad SMARTS) is 2. The Labute approximate surface area is 113 Å². The van der Waals surface area contributed by atoms with Gasteiger partial charge in [-0.2, -0.15) is 0 Å². The van der Waals surface area contributed by atoms with Gasteiger partial charge in [0.25, 0.3) is 0 Å². The van der Waals surface area contributed by atoms with E-state index in [1.54, 1.807) is 0 Å². The number of hydrogen-bond acceptors (Lipinski definition) is 4. The van der Waals surface area contributed by atoms with Crippen LogP contribution in [0, 0.1) is 5.92 Å². The quantitative estimate of drug-likeness (QED) is 0.544. The molecule has 1 rings (SSSR count). The fraction of sp³-hybridized carbons (Fsp3) is 0.273. The molecule has 110 valence electrons. The molecule has 0 saturated carbocycles. The van der Waals surface area contributed by atoms with E-state index in [-0.39, 0.29) is 12.2 Å². The Kier molecular flexibility index (Phi) is 5.26. The SMILES string of the molecule is O=C(O)C[C@@H](Cc1ccc(OP(=O)(O)O)cc1)C(=O)O. The monoisotopic (exact) mass is 304 g/mol. The van der Waals surface area contributed by atoms with Crippen LogP contribution in [-0.4, -0.2) is 31.9 Å². The van der Waals surface area contributed by atoms with Gasteiger partial charge < -0.3 is 14.7 Å². The molecule has 0 aromatic heterocycles. The number of aliphatic carboxylic acids is 2. The van der Waals surface area contributed by atoms with Crippen molar-refractivity contribution < 1.29 is 38.7 Å². The summed E-state index contributed by atoms with van der Waals surface area (Å²) < 4.78 is 14.9. The van der Waals surface area contributed by atoms with Gasteiger partial charge in [0.1, 0.15) is 5.75 Å². The number of phosphoric ester groups is 1. The van der Waals surface area contributed by atoms with E-state index in [0.29, 0.717) is 5.56 Å². The molecular formula is C11H13O8P. The van der Waals surface area contributed by atoms with Gasteiger partial charge in [-0.15, -0.1) is 0 Å². The van der Waals surface area contributed by atoms with Crippen LogP contribution in [0.4, 0.5) is 0 Å². The average molecular weight is 304 g/mol. The van der Waals surface area contributed by atoms with Crippen molar-refractivity contribution in [3.63, 3.8) is 0 Å². The lowest BCUT2D eigenvalue weighted by atomic mass is 9.96. The van der Waals surface area contributed by atoms with Crippen LogP contribution >= 0.6 is 7.82 Å². The van der Waals surface area contributed by atoms with E-state index in [1.165, 1.54) is 24.3 Å². The van der Waals surface area contributed by atoms with Crippen LogP contribution in [0.5, 0.6) is 5.75 Å². The highest BCUT2D eigenvalue weighted by Crippen LogP contribution is 2.37. The van der Waals surface area contributed by atoms with E-state index in [9.17, 15) is 14.2 Å². The zero-order valence-corrected chi connectivity index (χ0v) is 11.1. The van der Waals surface area contributed by atoms with Crippen LogP contribution in [0.15, 0.2) is 24.3 Å². The highest BCUT2D eigenvalue weighted by molar-refractivity contribution is 7.46. The van der Waals surface area contributed by atoms with E-state index in [1.807, 2.05) is 0 Å². The van der Waals surface area contributed by atoms with Crippen LogP contribution in [0.1, 0.15) is 12.0 Å². The molecule has 0 spiro atoms. The van der Waals surface area contributed by atoms with Gasteiger partial charge in [-0.3, -0.25) is 19.4 Å². The van der Waals surface area contributed by atoms with Crippen molar-refractivity contribution in [3.8, 4) is 5.75 Å². The molecule has 9 heteroatoms. The summed E-state index contributed by atoms with van der Waals surface area (Å²) in [5.41, 5.74) is 0.525. The van der Waals surface area contributed by atoms with E-state index >= 15 is 0 Å². The number of carbonyl (C=O) groups is 2. The Hall–Kier alpha value is -1.89. The largest absolute Gasteiger partial charge is 0.524 e. The van der Waals surface area contributed by atoms with Crippen LogP contribution in [0.2, 0.25) is 0 Å². The molecule has 1 aromatic rings. The van der Waals surface area contributed by atoms with Crippen molar-refractivity contribution >= 4 is 19.8 Å². The predicted octanol–water partition coefficient (Wildman–Crippen LogP) is 0.876. The zero-order chi connectivity index (χ0) is 15.3. The predicted molar refractivity (Wildman–Crippen MR) is 66.2 cm³/mol. The molecule has 0 fully saturated rings. The molecule has 0 heterocycles. The number of phosphoric acid groups is 1. The van der Waals surface area contributed by atoms with E-state index < -0.39 is 32.1 Å². The van der Waals surface area contributed by atoms with Crippen LogP contribution < -0.4 is 4.52 Å². The minimum atomic E-state index is -4.64. The van der Waals surface area contributed by atoms with Crippen molar-refractivity contribution in [2.75, 3.05) is 0 Å². The third-order valence-corrected chi connectivity index (χ3v) is 2.85. The number of carboxylic acids is 2. The lowest BCUT2D eigenvalue weighted by molar-refractivity contribution is -0.148.